The molecule has 1 aromatic rings. The van der Waals surface area contributed by atoms with Crippen LogP contribution in [0.3, 0.4) is 0 Å². The zero-order chi connectivity index (χ0) is 10.6. The maximum Gasteiger partial charge on any atom is 0.222 e. The van der Waals surface area contributed by atoms with Gasteiger partial charge in [0, 0.05) is 27.1 Å². The Hall–Kier alpha value is -1.46. The van der Waals surface area contributed by atoms with Crippen molar-refractivity contribution in [2.24, 2.45) is 0 Å². The second-order valence-corrected chi connectivity index (χ2v) is 3.34. The van der Waals surface area contributed by atoms with Crippen LogP contribution in [0.15, 0.2) is 0 Å². The van der Waals surface area contributed by atoms with E-state index in [4.69, 9.17) is 0 Å². The van der Waals surface area contributed by atoms with Gasteiger partial charge in [0.05, 0.1) is 0 Å². The summed E-state index contributed by atoms with van der Waals surface area (Å²) in [6.07, 6.45) is 1.30. The van der Waals surface area contributed by atoms with E-state index in [1.54, 1.807) is 23.7 Å². The topological polar surface area (TPSA) is 63.9 Å². The normalized spacial score (nSPS) is 10.2. The molecule has 0 aliphatic heterocycles. The van der Waals surface area contributed by atoms with Crippen LogP contribution in [0.1, 0.15) is 18.7 Å². The van der Waals surface area contributed by atoms with Crippen molar-refractivity contribution >= 4 is 5.91 Å². The van der Waals surface area contributed by atoms with Gasteiger partial charge in [-0.3, -0.25) is 4.79 Å². The first-order chi connectivity index (χ1) is 6.61. The van der Waals surface area contributed by atoms with Crippen molar-refractivity contribution in [3.63, 3.8) is 0 Å². The monoisotopic (exact) mass is 197 g/mol. The van der Waals surface area contributed by atoms with Crippen molar-refractivity contribution in [1.82, 2.24) is 25.1 Å². The quantitative estimate of drug-likeness (QED) is 0.673. The fourth-order valence-electron chi connectivity index (χ4n) is 1.06. The Bertz CT molecular complexity index is 306. The highest BCUT2D eigenvalue weighted by molar-refractivity contribution is 5.75. The summed E-state index contributed by atoms with van der Waals surface area (Å²) >= 11 is 0. The van der Waals surface area contributed by atoms with Crippen LogP contribution < -0.4 is 0 Å². The summed E-state index contributed by atoms with van der Waals surface area (Å²) in [5.41, 5.74) is 0. The molecule has 1 aromatic heterocycles. The van der Waals surface area contributed by atoms with Gasteiger partial charge in [-0.05, 0) is 23.8 Å². The van der Waals surface area contributed by atoms with Crippen LogP contribution in [0.4, 0.5) is 0 Å². The number of aromatic nitrogens is 4. The molecule has 0 radical (unpaired) electrons. The van der Waals surface area contributed by atoms with E-state index < -0.39 is 0 Å². The summed E-state index contributed by atoms with van der Waals surface area (Å²) in [6, 6.07) is 0. The third kappa shape index (κ3) is 2.79. The number of amides is 1. The molecule has 6 nitrogen and oxygen atoms in total. The first-order valence-electron chi connectivity index (χ1n) is 4.54. The molecule has 14 heavy (non-hydrogen) atoms. The van der Waals surface area contributed by atoms with Gasteiger partial charge in [0.25, 0.3) is 0 Å². The predicted molar refractivity (Wildman–Crippen MR) is 50.5 cm³/mol. The van der Waals surface area contributed by atoms with E-state index in [0.29, 0.717) is 13.0 Å². The van der Waals surface area contributed by atoms with Crippen LogP contribution in [-0.4, -0.2) is 45.1 Å². The van der Waals surface area contributed by atoms with E-state index in [-0.39, 0.29) is 5.91 Å². The number of rotatable bonds is 4. The van der Waals surface area contributed by atoms with Crippen molar-refractivity contribution < 1.29 is 4.79 Å². The number of aryl methyl sites for hydroxylation is 2. The molecule has 0 bridgehead atoms. The van der Waals surface area contributed by atoms with Crippen LogP contribution in [0.5, 0.6) is 0 Å². The maximum atomic E-state index is 11.2. The van der Waals surface area contributed by atoms with Crippen LogP contribution in [0.25, 0.3) is 0 Å². The molecule has 0 saturated carbocycles. The predicted octanol–water partition coefficient (Wildman–Crippen LogP) is -0.150. The highest BCUT2D eigenvalue weighted by Crippen LogP contribution is 1.97. The Morgan fingerprint density at radius 3 is 2.71 bits per heavy atom. The largest absolute Gasteiger partial charge is 0.349 e. The zero-order valence-electron chi connectivity index (χ0n) is 8.77. The van der Waals surface area contributed by atoms with Crippen LogP contribution in [0.2, 0.25) is 0 Å². The Balaban J connectivity index is 2.29. The van der Waals surface area contributed by atoms with Crippen LogP contribution in [0, 0.1) is 6.92 Å². The van der Waals surface area contributed by atoms with Gasteiger partial charge in [-0.1, -0.05) is 0 Å². The first kappa shape index (κ1) is 10.6. The van der Waals surface area contributed by atoms with Gasteiger partial charge in [-0.15, -0.1) is 5.10 Å². The van der Waals surface area contributed by atoms with Crippen molar-refractivity contribution in [3.8, 4) is 0 Å². The van der Waals surface area contributed by atoms with Crippen molar-refractivity contribution in [2.45, 2.75) is 26.3 Å². The second kappa shape index (κ2) is 4.69. The first-order valence-corrected chi connectivity index (χ1v) is 4.54. The van der Waals surface area contributed by atoms with Gasteiger partial charge in [-0.2, -0.15) is 0 Å². The Labute approximate surface area is 82.9 Å². The molecule has 0 spiro atoms. The summed E-state index contributed by atoms with van der Waals surface area (Å²) in [7, 11) is 3.51. The summed E-state index contributed by atoms with van der Waals surface area (Å²) in [4.78, 5) is 12.8. The zero-order valence-corrected chi connectivity index (χ0v) is 8.77. The van der Waals surface area contributed by atoms with E-state index in [2.05, 4.69) is 15.5 Å². The average Bonchev–Trinajstić information content (AvgIpc) is 2.51. The lowest BCUT2D eigenvalue weighted by atomic mass is 10.3. The molecule has 1 amide bonds. The van der Waals surface area contributed by atoms with Gasteiger partial charge in [0.15, 0.2) is 0 Å². The molecule has 0 fully saturated rings. The summed E-state index contributed by atoms with van der Waals surface area (Å²) in [5.74, 6) is 0.915. The average molecular weight is 197 g/mol. The number of hydrogen-bond acceptors (Lipinski definition) is 4. The van der Waals surface area contributed by atoms with Crippen molar-refractivity contribution in [2.75, 3.05) is 14.1 Å². The third-order valence-electron chi connectivity index (χ3n) is 1.97. The number of carbonyl (C=O) groups excluding carboxylic acids is 1. The minimum atomic E-state index is 0.135. The highest BCUT2D eigenvalue weighted by atomic mass is 16.2. The minimum absolute atomic E-state index is 0.135. The molecule has 0 atom stereocenters. The lowest BCUT2D eigenvalue weighted by Crippen LogP contribution is -2.21. The van der Waals surface area contributed by atoms with Gasteiger partial charge in [0.2, 0.25) is 5.91 Å². The molecule has 0 unspecified atom stereocenters. The summed E-state index contributed by atoms with van der Waals surface area (Å²) < 4.78 is 1.70. The highest BCUT2D eigenvalue weighted by Gasteiger charge is 2.05. The van der Waals surface area contributed by atoms with E-state index in [0.717, 1.165) is 12.2 Å². The lowest BCUT2D eigenvalue weighted by molar-refractivity contribution is -0.128. The number of carbonyl (C=O) groups is 1. The molecule has 0 saturated heterocycles. The van der Waals surface area contributed by atoms with Gasteiger partial charge in [0.1, 0.15) is 5.82 Å². The van der Waals surface area contributed by atoms with Crippen molar-refractivity contribution in [3.05, 3.63) is 5.82 Å². The SMILES string of the molecule is Cc1nnnn1CCCC(=O)N(C)C. The lowest BCUT2D eigenvalue weighted by Gasteiger charge is -2.09. The molecule has 1 heterocycles. The van der Waals surface area contributed by atoms with E-state index in [9.17, 15) is 4.79 Å². The number of nitrogens with zero attached hydrogens (tertiary/aromatic N) is 5. The molecular weight excluding hydrogens is 182 g/mol. The van der Waals surface area contributed by atoms with E-state index in [1.807, 2.05) is 6.92 Å². The minimum Gasteiger partial charge on any atom is -0.349 e. The Morgan fingerprint density at radius 1 is 1.50 bits per heavy atom. The molecule has 0 N–H and O–H groups in total. The third-order valence-corrected chi connectivity index (χ3v) is 1.97. The van der Waals surface area contributed by atoms with Crippen molar-refractivity contribution in [1.29, 1.82) is 0 Å². The Kier molecular flexibility index (Phi) is 3.55. The fraction of sp³-hybridized carbons (Fsp3) is 0.750. The van der Waals surface area contributed by atoms with Crippen LogP contribution in [-0.2, 0) is 11.3 Å². The molecule has 6 heteroatoms. The molecule has 0 aliphatic rings. The fourth-order valence-corrected chi connectivity index (χ4v) is 1.06. The summed E-state index contributed by atoms with van der Waals surface area (Å²) in [6.45, 7) is 2.53. The van der Waals surface area contributed by atoms with E-state index >= 15 is 0 Å². The number of tetrazole rings is 1. The maximum absolute atomic E-state index is 11.2. The van der Waals surface area contributed by atoms with Gasteiger partial charge < -0.3 is 4.90 Å². The number of hydrogen-bond donors (Lipinski definition) is 0. The van der Waals surface area contributed by atoms with Crippen LogP contribution >= 0.6 is 0 Å². The van der Waals surface area contributed by atoms with E-state index in [1.165, 1.54) is 0 Å². The molecule has 0 aromatic carbocycles. The second-order valence-electron chi connectivity index (χ2n) is 3.34. The molecular formula is C8H15N5O. The van der Waals surface area contributed by atoms with Gasteiger partial charge >= 0.3 is 0 Å². The standard InChI is InChI=1S/C8H15N5O/c1-7-9-10-11-13(7)6-4-5-8(14)12(2)3/h4-6H2,1-3H3. The summed E-state index contributed by atoms with van der Waals surface area (Å²) in [5, 5.41) is 11.1. The molecule has 1 rings (SSSR count). The Morgan fingerprint density at radius 2 is 2.21 bits per heavy atom. The smallest absolute Gasteiger partial charge is 0.222 e. The van der Waals surface area contributed by atoms with Gasteiger partial charge in [-0.25, -0.2) is 4.68 Å². The molecule has 78 valence electrons. The molecule has 0 aliphatic carbocycles.